The molecule has 0 unspecified atom stereocenters. The van der Waals surface area contributed by atoms with Crippen molar-refractivity contribution in [1.82, 2.24) is 0 Å². The van der Waals surface area contributed by atoms with E-state index < -0.39 is 0 Å². The topological polar surface area (TPSA) is 26.3 Å². The second-order valence-electron chi connectivity index (χ2n) is 4.62. The predicted octanol–water partition coefficient (Wildman–Crippen LogP) is 3.08. The van der Waals surface area contributed by atoms with Gasteiger partial charge in [-0.05, 0) is 24.3 Å². The number of hydrogen-bond donors (Lipinski definition) is 0. The van der Waals surface area contributed by atoms with Crippen LogP contribution in [0.1, 0.15) is 46.5 Å². The summed E-state index contributed by atoms with van der Waals surface area (Å²) in [4.78, 5) is 11.5. The Morgan fingerprint density at radius 3 is 2.86 bits per heavy atom. The van der Waals surface area contributed by atoms with Crippen molar-refractivity contribution >= 4 is 5.78 Å². The van der Waals surface area contributed by atoms with Crippen molar-refractivity contribution in [3.8, 4) is 0 Å². The van der Waals surface area contributed by atoms with Crippen LogP contribution in [0.5, 0.6) is 0 Å². The Bertz CT molecular complexity index is 239. The predicted molar refractivity (Wildman–Crippen MR) is 57.0 cm³/mol. The summed E-state index contributed by atoms with van der Waals surface area (Å²) in [6.07, 6.45) is 5.67. The third-order valence-electron chi connectivity index (χ3n) is 2.55. The first-order valence-electron chi connectivity index (χ1n) is 5.44. The number of carbonyl (C=O) groups is 1. The summed E-state index contributed by atoms with van der Waals surface area (Å²) >= 11 is 0. The highest BCUT2D eigenvalue weighted by Crippen LogP contribution is 2.31. The Balaban J connectivity index is 2.55. The molecule has 1 aliphatic carbocycles. The second kappa shape index (κ2) is 4.63. The van der Waals surface area contributed by atoms with Crippen molar-refractivity contribution in [3.63, 3.8) is 0 Å². The highest BCUT2D eigenvalue weighted by molar-refractivity contribution is 5.94. The highest BCUT2D eigenvalue weighted by atomic mass is 16.5. The summed E-state index contributed by atoms with van der Waals surface area (Å²) in [6, 6.07) is 0. The smallest absolute Gasteiger partial charge is 0.197 e. The summed E-state index contributed by atoms with van der Waals surface area (Å²) < 4.78 is 5.48. The molecule has 2 heteroatoms. The first-order chi connectivity index (χ1) is 6.55. The van der Waals surface area contributed by atoms with Crippen LogP contribution in [0.2, 0.25) is 0 Å². The van der Waals surface area contributed by atoms with Gasteiger partial charge in [-0.25, -0.2) is 0 Å². The van der Waals surface area contributed by atoms with E-state index in [2.05, 4.69) is 20.8 Å². The lowest BCUT2D eigenvalue weighted by molar-refractivity contribution is -0.120. The minimum atomic E-state index is 0.120. The van der Waals surface area contributed by atoms with Crippen LogP contribution >= 0.6 is 0 Å². The van der Waals surface area contributed by atoms with E-state index in [1.54, 1.807) is 0 Å². The molecule has 0 aromatic heterocycles. The van der Waals surface area contributed by atoms with Crippen molar-refractivity contribution in [2.75, 3.05) is 6.61 Å². The van der Waals surface area contributed by atoms with E-state index in [0.717, 1.165) is 19.3 Å². The zero-order chi connectivity index (χ0) is 10.6. The fourth-order valence-electron chi connectivity index (χ4n) is 1.52. The van der Waals surface area contributed by atoms with Crippen LogP contribution in [-0.2, 0) is 9.53 Å². The molecular formula is C12H20O2. The zero-order valence-electron chi connectivity index (χ0n) is 9.43. The number of Topliss-reactive ketones (excluding diaryl/α,β-unsaturated/α-hetero) is 1. The standard InChI is InChI=1S/C12H20O2/c1-4-5-8-14-11-9-12(2,3)7-6-10(11)13/h9H,4-8H2,1-3H3. The maximum absolute atomic E-state index is 11.5. The van der Waals surface area contributed by atoms with E-state index in [-0.39, 0.29) is 11.2 Å². The number of ketones is 1. The molecule has 0 radical (unpaired) electrons. The van der Waals surface area contributed by atoms with Crippen LogP contribution in [0.3, 0.4) is 0 Å². The molecule has 0 fully saturated rings. The molecular weight excluding hydrogens is 176 g/mol. The Hall–Kier alpha value is -0.790. The number of ether oxygens (including phenoxy) is 1. The van der Waals surface area contributed by atoms with Crippen molar-refractivity contribution in [3.05, 3.63) is 11.8 Å². The Labute approximate surface area is 86.3 Å². The average Bonchev–Trinajstić information content (AvgIpc) is 2.11. The number of unbranched alkanes of at least 4 members (excludes halogenated alkanes) is 1. The van der Waals surface area contributed by atoms with E-state index in [0.29, 0.717) is 18.8 Å². The van der Waals surface area contributed by atoms with Crippen LogP contribution in [0, 0.1) is 5.41 Å². The van der Waals surface area contributed by atoms with Gasteiger partial charge < -0.3 is 4.74 Å². The molecule has 2 nitrogen and oxygen atoms in total. The maximum atomic E-state index is 11.5. The van der Waals surface area contributed by atoms with E-state index in [1.165, 1.54) is 0 Å². The number of hydrogen-bond acceptors (Lipinski definition) is 2. The minimum Gasteiger partial charge on any atom is -0.490 e. The molecule has 0 N–H and O–H groups in total. The van der Waals surface area contributed by atoms with Crippen molar-refractivity contribution in [1.29, 1.82) is 0 Å². The van der Waals surface area contributed by atoms with E-state index in [1.807, 2.05) is 6.08 Å². The molecule has 80 valence electrons. The van der Waals surface area contributed by atoms with Gasteiger partial charge in [-0.15, -0.1) is 0 Å². The molecule has 0 aromatic rings. The van der Waals surface area contributed by atoms with Gasteiger partial charge in [0.15, 0.2) is 11.5 Å². The number of carbonyl (C=O) groups excluding carboxylic acids is 1. The molecule has 0 heterocycles. The molecule has 0 saturated heterocycles. The van der Waals surface area contributed by atoms with Gasteiger partial charge in [0, 0.05) is 6.42 Å². The highest BCUT2D eigenvalue weighted by Gasteiger charge is 2.26. The molecule has 0 amide bonds. The van der Waals surface area contributed by atoms with E-state index in [9.17, 15) is 4.79 Å². The van der Waals surface area contributed by atoms with Crippen LogP contribution in [0.25, 0.3) is 0 Å². The Morgan fingerprint density at radius 1 is 1.50 bits per heavy atom. The van der Waals surface area contributed by atoms with Gasteiger partial charge in [-0.2, -0.15) is 0 Å². The fourth-order valence-corrected chi connectivity index (χ4v) is 1.52. The van der Waals surface area contributed by atoms with Gasteiger partial charge in [0.05, 0.1) is 6.61 Å². The third kappa shape index (κ3) is 3.17. The van der Waals surface area contributed by atoms with Crippen molar-refractivity contribution in [2.24, 2.45) is 5.41 Å². The van der Waals surface area contributed by atoms with E-state index in [4.69, 9.17) is 4.74 Å². The molecule has 14 heavy (non-hydrogen) atoms. The van der Waals surface area contributed by atoms with Gasteiger partial charge in [0.25, 0.3) is 0 Å². The lowest BCUT2D eigenvalue weighted by Crippen LogP contribution is -2.21. The fraction of sp³-hybridized carbons (Fsp3) is 0.750. The lowest BCUT2D eigenvalue weighted by atomic mass is 9.82. The Morgan fingerprint density at radius 2 is 2.21 bits per heavy atom. The van der Waals surface area contributed by atoms with Crippen LogP contribution in [-0.4, -0.2) is 12.4 Å². The largest absolute Gasteiger partial charge is 0.490 e. The molecule has 0 atom stereocenters. The second-order valence-corrected chi connectivity index (χ2v) is 4.62. The summed E-state index contributed by atoms with van der Waals surface area (Å²) in [5.41, 5.74) is 0.120. The molecule has 0 spiro atoms. The molecule has 0 bridgehead atoms. The number of rotatable bonds is 4. The van der Waals surface area contributed by atoms with Crippen molar-refractivity contribution in [2.45, 2.75) is 46.5 Å². The summed E-state index contributed by atoms with van der Waals surface area (Å²) in [5, 5.41) is 0. The summed E-state index contributed by atoms with van der Waals surface area (Å²) in [5.74, 6) is 0.759. The molecule has 1 aliphatic rings. The van der Waals surface area contributed by atoms with Gasteiger partial charge >= 0.3 is 0 Å². The molecule has 0 aromatic carbocycles. The molecule has 1 rings (SSSR count). The summed E-state index contributed by atoms with van der Waals surface area (Å²) in [6.45, 7) is 7.07. The third-order valence-corrected chi connectivity index (χ3v) is 2.55. The van der Waals surface area contributed by atoms with Gasteiger partial charge in [-0.1, -0.05) is 27.2 Å². The van der Waals surface area contributed by atoms with Gasteiger partial charge in [0.2, 0.25) is 0 Å². The normalized spacial score (nSPS) is 20.5. The summed E-state index contributed by atoms with van der Waals surface area (Å²) in [7, 11) is 0. The quantitative estimate of drug-likeness (QED) is 0.646. The van der Waals surface area contributed by atoms with Crippen LogP contribution < -0.4 is 0 Å². The minimum absolute atomic E-state index is 0.120. The SMILES string of the molecule is CCCCOC1=CC(C)(C)CCC1=O. The van der Waals surface area contributed by atoms with Gasteiger partial charge in [-0.3, -0.25) is 4.79 Å². The van der Waals surface area contributed by atoms with Crippen molar-refractivity contribution < 1.29 is 9.53 Å². The van der Waals surface area contributed by atoms with E-state index >= 15 is 0 Å². The lowest BCUT2D eigenvalue weighted by Gasteiger charge is -2.26. The van der Waals surface area contributed by atoms with Gasteiger partial charge in [0.1, 0.15) is 0 Å². The maximum Gasteiger partial charge on any atom is 0.197 e. The zero-order valence-corrected chi connectivity index (χ0v) is 9.43. The Kier molecular flexibility index (Phi) is 3.73. The average molecular weight is 196 g/mol. The van der Waals surface area contributed by atoms with Crippen LogP contribution in [0.4, 0.5) is 0 Å². The first-order valence-corrected chi connectivity index (χ1v) is 5.44. The molecule has 0 saturated carbocycles. The monoisotopic (exact) mass is 196 g/mol. The van der Waals surface area contributed by atoms with Crippen LogP contribution in [0.15, 0.2) is 11.8 Å². The number of allylic oxidation sites excluding steroid dienone is 2. The first kappa shape index (κ1) is 11.3. The molecule has 0 aliphatic heterocycles.